The first-order chi connectivity index (χ1) is 13.6. The molecule has 0 saturated heterocycles. The minimum atomic E-state index is -3.70. The molecule has 0 bridgehead atoms. The molecule has 0 aliphatic heterocycles. The Hall–Kier alpha value is -2.05. The zero-order chi connectivity index (χ0) is 21.8. The Bertz CT molecular complexity index is 959. The Morgan fingerprint density at radius 1 is 1.14 bits per heavy atom. The number of sulfonamides is 1. The molecule has 0 aliphatic rings. The van der Waals surface area contributed by atoms with Gasteiger partial charge in [0.25, 0.3) is 0 Å². The van der Waals surface area contributed by atoms with Crippen LogP contribution in [0, 0.1) is 6.92 Å². The summed E-state index contributed by atoms with van der Waals surface area (Å²) in [7, 11) is -3.70. The summed E-state index contributed by atoms with van der Waals surface area (Å²) in [6, 6.07) is 11.9. The van der Waals surface area contributed by atoms with Gasteiger partial charge in [0.15, 0.2) is 0 Å². The molecule has 0 unspecified atom stereocenters. The number of hydrogen-bond donors (Lipinski definition) is 1. The van der Waals surface area contributed by atoms with Gasteiger partial charge in [-0.15, -0.1) is 0 Å². The summed E-state index contributed by atoms with van der Waals surface area (Å²) in [5.41, 5.74) is 3.41. The van der Waals surface area contributed by atoms with E-state index < -0.39 is 16.1 Å². The average molecular weight is 437 g/mol. The smallest absolute Gasteiger partial charge is 0.244 e. The highest BCUT2D eigenvalue weighted by atomic mass is 35.5. The number of hydrogen-bond acceptors (Lipinski definition) is 3. The summed E-state index contributed by atoms with van der Waals surface area (Å²) in [4.78, 5) is 13.0. The van der Waals surface area contributed by atoms with Crippen molar-refractivity contribution in [2.75, 3.05) is 10.6 Å². The van der Waals surface area contributed by atoms with Crippen LogP contribution in [-0.2, 0) is 21.2 Å². The van der Waals surface area contributed by atoms with Crippen LogP contribution in [0.3, 0.4) is 0 Å². The maximum absolute atomic E-state index is 13.0. The highest BCUT2D eigenvalue weighted by Crippen LogP contribution is 2.28. The lowest BCUT2D eigenvalue weighted by atomic mass is 10.0. The zero-order valence-corrected chi connectivity index (χ0v) is 19.1. The molecule has 158 valence electrons. The molecule has 0 spiro atoms. The van der Waals surface area contributed by atoms with Gasteiger partial charge in [0.05, 0.1) is 18.0 Å². The number of rotatable bonds is 8. The topological polar surface area (TPSA) is 66.5 Å². The minimum Gasteiger partial charge on any atom is -0.348 e. The Labute approximate surface area is 179 Å². The number of anilines is 1. The van der Waals surface area contributed by atoms with Gasteiger partial charge in [0, 0.05) is 5.02 Å². The molecule has 2 atom stereocenters. The fourth-order valence-corrected chi connectivity index (χ4v) is 4.59. The first kappa shape index (κ1) is 23.2. The van der Waals surface area contributed by atoms with Gasteiger partial charge in [-0.3, -0.25) is 9.10 Å². The van der Waals surface area contributed by atoms with Crippen LogP contribution in [0.5, 0.6) is 0 Å². The van der Waals surface area contributed by atoms with Crippen molar-refractivity contribution in [2.24, 2.45) is 0 Å². The van der Waals surface area contributed by atoms with Crippen LogP contribution in [0.1, 0.15) is 49.9 Å². The van der Waals surface area contributed by atoms with Crippen LogP contribution >= 0.6 is 11.6 Å². The number of carbonyl (C=O) groups excluding carboxylic acids is 1. The average Bonchev–Trinajstić information content (AvgIpc) is 2.67. The van der Waals surface area contributed by atoms with Crippen molar-refractivity contribution in [1.29, 1.82) is 0 Å². The second-order valence-electron chi connectivity index (χ2n) is 7.24. The van der Waals surface area contributed by atoms with Crippen LogP contribution in [-0.4, -0.2) is 26.6 Å². The van der Waals surface area contributed by atoms with E-state index in [0.29, 0.717) is 17.1 Å². The number of halogens is 1. The molecule has 0 saturated carbocycles. The van der Waals surface area contributed by atoms with Gasteiger partial charge < -0.3 is 5.32 Å². The lowest BCUT2D eigenvalue weighted by Gasteiger charge is -2.31. The predicted octanol–water partition coefficient (Wildman–Crippen LogP) is 4.63. The molecule has 0 aliphatic carbocycles. The van der Waals surface area contributed by atoms with Crippen LogP contribution in [0.4, 0.5) is 5.69 Å². The van der Waals surface area contributed by atoms with E-state index in [-0.39, 0.29) is 11.9 Å². The lowest BCUT2D eigenvalue weighted by molar-refractivity contribution is -0.122. The number of nitrogens with zero attached hydrogens (tertiary/aromatic N) is 1. The Morgan fingerprint density at radius 2 is 1.76 bits per heavy atom. The Kier molecular flexibility index (Phi) is 7.72. The molecule has 2 aromatic carbocycles. The predicted molar refractivity (Wildman–Crippen MR) is 120 cm³/mol. The number of nitrogens with one attached hydrogen (secondary N) is 1. The summed E-state index contributed by atoms with van der Waals surface area (Å²) in [6.07, 6.45) is 2.37. The van der Waals surface area contributed by atoms with Crippen LogP contribution < -0.4 is 9.62 Å². The van der Waals surface area contributed by atoms with E-state index in [1.54, 1.807) is 25.1 Å². The molecule has 2 aromatic rings. The number of carbonyl (C=O) groups is 1. The quantitative estimate of drug-likeness (QED) is 0.655. The lowest BCUT2D eigenvalue weighted by Crippen LogP contribution is -2.49. The summed E-state index contributed by atoms with van der Waals surface area (Å²) in [6.45, 7) is 7.60. The molecule has 0 fully saturated rings. The van der Waals surface area contributed by atoms with Crippen molar-refractivity contribution in [3.8, 4) is 0 Å². The van der Waals surface area contributed by atoms with Crippen molar-refractivity contribution < 1.29 is 13.2 Å². The van der Waals surface area contributed by atoms with E-state index in [4.69, 9.17) is 11.6 Å². The third-order valence-corrected chi connectivity index (χ3v) is 6.57. The van der Waals surface area contributed by atoms with Gasteiger partial charge in [0.2, 0.25) is 15.9 Å². The Morgan fingerprint density at radius 3 is 2.24 bits per heavy atom. The van der Waals surface area contributed by atoms with Gasteiger partial charge >= 0.3 is 0 Å². The van der Waals surface area contributed by atoms with Crippen molar-refractivity contribution in [2.45, 2.75) is 52.6 Å². The van der Waals surface area contributed by atoms with Gasteiger partial charge in [-0.1, -0.05) is 55.8 Å². The van der Waals surface area contributed by atoms with Crippen LogP contribution in [0.25, 0.3) is 0 Å². The van der Waals surface area contributed by atoms with E-state index >= 15 is 0 Å². The maximum atomic E-state index is 13.0. The molecular formula is C22H29ClN2O3S. The van der Waals surface area contributed by atoms with E-state index in [0.717, 1.165) is 28.1 Å². The summed E-state index contributed by atoms with van der Waals surface area (Å²) < 4.78 is 26.3. The SMILES string of the molecule is CCc1ccc([C@H](C)NC(=O)[C@@H](CC)N(c2ccc(C)c(Cl)c2)S(C)(=O)=O)cc1. The molecule has 0 heterocycles. The molecular weight excluding hydrogens is 408 g/mol. The van der Waals surface area contributed by atoms with E-state index in [2.05, 4.69) is 12.2 Å². The van der Waals surface area contributed by atoms with Gasteiger partial charge in [-0.2, -0.15) is 0 Å². The number of benzene rings is 2. The second kappa shape index (κ2) is 9.63. The monoisotopic (exact) mass is 436 g/mol. The van der Waals surface area contributed by atoms with Gasteiger partial charge in [-0.05, 0) is 55.5 Å². The number of amides is 1. The molecule has 2 rings (SSSR count). The third-order valence-electron chi connectivity index (χ3n) is 4.99. The number of aryl methyl sites for hydroxylation is 2. The maximum Gasteiger partial charge on any atom is 0.244 e. The fraction of sp³-hybridized carbons (Fsp3) is 0.409. The largest absolute Gasteiger partial charge is 0.348 e. The highest BCUT2D eigenvalue weighted by Gasteiger charge is 2.32. The van der Waals surface area contributed by atoms with Gasteiger partial charge in [-0.25, -0.2) is 8.42 Å². The van der Waals surface area contributed by atoms with Crippen LogP contribution in [0.2, 0.25) is 5.02 Å². The van der Waals surface area contributed by atoms with Crippen molar-refractivity contribution >= 4 is 33.2 Å². The summed E-state index contributed by atoms with van der Waals surface area (Å²) in [5.74, 6) is -0.346. The molecule has 0 radical (unpaired) electrons. The zero-order valence-electron chi connectivity index (χ0n) is 17.6. The minimum absolute atomic E-state index is 0.245. The van der Waals surface area contributed by atoms with E-state index in [1.165, 1.54) is 5.56 Å². The first-order valence-electron chi connectivity index (χ1n) is 9.73. The summed E-state index contributed by atoms with van der Waals surface area (Å²) in [5, 5.41) is 3.41. The summed E-state index contributed by atoms with van der Waals surface area (Å²) >= 11 is 6.20. The fourth-order valence-electron chi connectivity index (χ4n) is 3.21. The highest BCUT2D eigenvalue weighted by molar-refractivity contribution is 7.92. The Balaban J connectivity index is 2.30. The molecule has 1 amide bonds. The van der Waals surface area contributed by atoms with Gasteiger partial charge in [0.1, 0.15) is 6.04 Å². The van der Waals surface area contributed by atoms with E-state index in [1.807, 2.05) is 38.1 Å². The molecule has 5 nitrogen and oxygen atoms in total. The third kappa shape index (κ3) is 5.73. The molecule has 0 aromatic heterocycles. The molecule has 7 heteroatoms. The molecule has 1 N–H and O–H groups in total. The normalized spacial score (nSPS) is 13.6. The van der Waals surface area contributed by atoms with Crippen molar-refractivity contribution in [1.82, 2.24) is 5.32 Å². The standard InChI is InChI=1S/C22H29ClN2O3S/c1-6-17-9-11-18(12-10-17)16(4)24-22(26)21(7-2)25(29(5,27)28)19-13-8-15(3)20(23)14-19/h8-14,16,21H,6-7H2,1-5H3,(H,24,26)/t16-,21+/m0/s1. The van der Waals surface area contributed by atoms with E-state index in [9.17, 15) is 13.2 Å². The van der Waals surface area contributed by atoms with Crippen molar-refractivity contribution in [3.63, 3.8) is 0 Å². The first-order valence-corrected chi connectivity index (χ1v) is 12.0. The second-order valence-corrected chi connectivity index (χ2v) is 9.51. The molecule has 29 heavy (non-hydrogen) atoms. The van der Waals surface area contributed by atoms with Crippen molar-refractivity contribution in [3.05, 3.63) is 64.2 Å². The van der Waals surface area contributed by atoms with Crippen LogP contribution in [0.15, 0.2) is 42.5 Å².